The number of rotatable bonds is 6. The number of ketones is 1. The van der Waals surface area contributed by atoms with Crippen LogP contribution in [0.5, 0.6) is 0 Å². The first-order valence-electron chi connectivity index (χ1n) is 8.84. The Morgan fingerprint density at radius 3 is 2.46 bits per heavy atom. The number of hydrogen-bond donors (Lipinski definition) is 1. The number of nitrogens with one attached hydrogen (secondary N) is 1. The second-order valence-electron chi connectivity index (χ2n) is 6.50. The summed E-state index contributed by atoms with van der Waals surface area (Å²) < 4.78 is 0. The number of benzene rings is 2. The summed E-state index contributed by atoms with van der Waals surface area (Å²) in [6.45, 7) is 2.63. The average Bonchev–Trinajstić information content (AvgIpc) is 3.06. The molecule has 1 aliphatic heterocycles. The summed E-state index contributed by atoms with van der Waals surface area (Å²) in [5.41, 5.74) is 3.03. The minimum atomic E-state index is -0.232. The van der Waals surface area contributed by atoms with Gasteiger partial charge in [0.1, 0.15) is 0 Å². The fraction of sp³-hybridized carbons (Fsp3) is 0.286. The van der Waals surface area contributed by atoms with Crippen molar-refractivity contribution >= 4 is 29.0 Å². The lowest BCUT2D eigenvalue weighted by atomic mass is 10.0. The van der Waals surface area contributed by atoms with Crippen LogP contribution < -0.4 is 10.2 Å². The molecule has 0 bridgehead atoms. The van der Waals surface area contributed by atoms with E-state index in [2.05, 4.69) is 5.32 Å². The highest BCUT2D eigenvalue weighted by Crippen LogP contribution is 2.29. The Morgan fingerprint density at radius 2 is 1.77 bits per heavy atom. The molecule has 1 heterocycles. The molecule has 5 heteroatoms. The number of anilines is 2. The van der Waals surface area contributed by atoms with Gasteiger partial charge in [0.25, 0.3) is 0 Å². The minimum Gasteiger partial charge on any atom is -0.324 e. The van der Waals surface area contributed by atoms with E-state index in [0.717, 1.165) is 12.0 Å². The van der Waals surface area contributed by atoms with Crippen LogP contribution in [0.4, 0.5) is 11.4 Å². The van der Waals surface area contributed by atoms with Gasteiger partial charge in [-0.3, -0.25) is 14.4 Å². The second-order valence-corrected chi connectivity index (χ2v) is 6.50. The lowest BCUT2D eigenvalue weighted by Gasteiger charge is -2.19. The Hall–Kier alpha value is -2.95. The summed E-state index contributed by atoms with van der Waals surface area (Å²) >= 11 is 0. The van der Waals surface area contributed by atoms with Crippen molar-refractivity contribution in [2.24, 2.45) is 0 Å². The molecule has 1 aliphatic rings. The van der Waals surface area contributed by atoms with Crippen molar-refractivity contribution in [3.63, 3.8) is 0 Å². The van der Waals surface area contributed by atoms with Gasteiger partial charge in [0.15, 0.2) is 5.78 Å². The lowest BCUT2D eigenvalue weighted by Crippen LogP contribution is -2.25. The van der Waals surface area contributed by atoms with Crippen molar-refractivity contribution in [3.8, 4) is 0 Å². The zero-order chi connectivity index (χ0) is 18.5. The van der Waals surface area contributed by atoms with E-state index in [4.69, 9.17) is 0 Å². The molecule has 2 aromatic rings. The van der Waals surface area contributed by atoms with Crippen LogP contribution in [0.3, 0.4) is 0 Å². The van der Waals surface area contributed by atoms with Crippen molar-refractivity contribution in [2.75, 3.05) is 16.8 Å². The van der Waals surface area contributed by atoms with Gasteiger partial charge in [0.2, 0.25) is 11.8 Å². The van der Waals surface area contributed by atoms with Crippen molar-refractivity contribution in [3.05, 3.63) is 59.7 Å². The van der Waals surface area contributed by atoms with Gasteiger partial charge in [-0.15, -0.1) is 0 Å². The van der Waals surface area contributed by atoms with Crippen molar-refractivity contribution in [1.29, 1.82) is 0 Å². The van der Waals surface area contributed by atoms with Gasteiger partial charge < -0.3 is 10.2 Å². The molecule has 0 radical (unpaired) electrons. The molecule has 5 nitrogen and oxygen atoms in total. The first-order chi connectivity index (χ1) is 12.5. The summed E-state index contributed by atoms with van der Waals surface area (Å²) in [7, 11) is 0. The van der Waals surface area contributed by atoms with Gasteiger partial charge in [-0.25, -0.2) is 0 Å². The normalized spacial score (nSPS) is 13.7. The third kappa shape index (κ3) is 4.17. The Labute approximate surface area is 153 Å². The van der Waals surface area contributed by atoms with Crippen LogP contribution in [0, 0.1) is 6.92 Å². The van der Waals surface area contributed by atoms with E-state index in [1.165, 1.54) is 0 Å². The van der Waals surface area contributed by atoms with E-state index in [-0.39, 0.29) is 30.4 Å². The van der Waals surface area contributed by atoms with E-state index in [0.29, 0.717) is 29.9 Å². The van der Waals surface area contributed by atoms with Crippen LogP contribution in [0.25, 0.3) is 0 Å². The zero-order valence-corrected chi connectivity index (χ0v) is 14.8. The van der Waals surface area contributed by atoms with Crippen LogP contribution >= 0.6 is 0 Å². The van der Waals surface area contributed by atoms with Gasteiger partial charge >= 0.3 is 0 Å². The molecule has 3 rings (SSSR count). The van der Waals surface area contributed by atoms with E-state index in [1.807, 2.05) is 37.3 Å². The molecule has 2 amide bonds. The quantitative estimate of drug-likeness (QED) is 0.808. The average molecular weight is 350 g/mol. The summed E-state index contributed by atoms with van der Waals surface area (Å²) in [6.07, 6.45) is 1.62. The molecule has 0 unspecified atom stereocenters. The molecule has 0 aromatic heterocycles. The van der Waals surface area contributed by atoms with E-state index in [1.54, 1.807) is 23.1 Å². The number of aryl methyl sites for hydroxylation is 1. The van der Waals surface area contributed by atoms with Gasteiger partial charge in [-0.2, -0.15) is 0 Å². The maximum atomic E-state index is 12.3. The van der Waals surface area contributed by atoms with Crippen LogP contribution in [0.15, 0.2) is 48.5 Å². The molecule has 1 fully saturated rings. The summed E-state index contributed by atoms with van der Waals surface area (Å²) in [5, 5.41) is 2.84. The molecule has 134 valence electrons. The first-order valence-corrected chi connectivity index (χ1v) is 8.84. The molecule has 0 saturated carbocycles. The van der Waals surface area contributed by atoms with Crippen LogP contribution in [-0.2, 0) is 9.59 Å². The molecular formula is C21H22N2O3. The number of carbonyl (C=O) groups excluding carboxylic acids is 3. The molecule has 0 spiro atoms. The Balaban J connectivity index is 1.61. The van der Waals surface area contributed by atoms with Crippen molar-refractivity contribution in [1.82, 2.24) is 0 Å². The molecule has 0 atom stereocenters. The predicted octanol–water partition coefficient (Wildman–Crippen LogP) is 3.72. The summed E-state index contributed by atoms with van der Waals surface area (Å²) in [5.74, 6) is -0.214. The standard InChI is InChI=1S/C21H22N2O3/c1-15-8-10-16(11-9-15)19(24)12-13-20(25)22-17-5-2-3-6-18(17)23-14-4-7-21(23)26/h2-3,5-6,8-11H,4,7,12-14H2,1H3,(H,22,25). The third-order valence-corrected chi connectivity index (χ3v) is 4.50. The number of para-hydroxylation sites is 2. The molecule has 2 aromatic carbocycles. The van der Waals surface area contributed by atoms with E-state index < -0.39 is 0 Å². The highest BCUT2D eigenvalue weighted by Gasteiger charge is 2.24. The molecule has 1 N–H and O–H groups in total. The topological polar surface area (TPSA) is 66.5 Å². The third-order valence-electron chi connectivity index (χ3n) is 4.50. The zero-order valence-electron chi connectivity index (χ0n) is 14.8. The van der Waals surface area contributed by atoms with Gasteiger partial charge in [-0.1, -0.05) is 42.0 Å². The van der Waals surface area contributed by atoms with Crippen molar-refractivity contribution in [2.45, 2.75) is 32.6 Å². The van der Waals surface area contributed by atoms with E-state index >= 15 is 0 Å². The highest BCUT2D eigenvalue weighted by atomic mass is 16.2. The number of nitrogens with zero attached hydrogens (tertiary/aromatic N) is 1. The molecule has 26 heavy (non-hydrogen) atoms. The van der Waals surface area contributed by atoms with Crippen LogP contribution in [0.1, 0.15) is 41.6 Å². The SMILES string of the molecule is Cc1ccc(C(=O)CCC(=O)Nc2ccccc2N2CCCC2=O)cc1. The number of hydrogen-bond acceptors (Lipinski definition) is 3. The van der Waals surface area contributed by atoms with Crippen LogP contribution in [-0.4, -0.2) is 24.1 Å². The molecule has 1 saturated heterocycles. The molecular weight excluding hydrogens is 328 g/mol. The Morgan fingerprint density at radius 1 is 1.04 bits per heavy atom. The maximum absolute atomic E-state index is 12.3. The number of carbonyl (C=O) groups is 3. The van der Waals surface area contributed by atoms with Crippen molar-refractivity contribution < 1.29 is 14.4 Å². The second kappa shape index (κ2) is 7.95. The highest BCUT2D eigenvalue weighted by molar-refractivity contribution is 6.03. The number of Topliss-reactive ketones (excluding diaryl/α,β-unsaturated/α-hetero) is 1. The number of amides is 2. The van der Waals surface area contributed by atoms with Gasteiger partial charge in [-0.05, 0) is 25.5 Å². The maximum Gasteiger partial charge on any atom is 0.227 e. The smallest absolute Gasteiger partial charge is 0.227 e. The van der Waals surface area contributed by atoms with Gasteiger partial charge in [0.05, 0.1) is 11.4 Å². The summed E-state index contributed by atoms with van der Waals surface area (Å²) in [6, 6.07) is 14.6. The monoisotopic (exact) mass is 350 g/mol. The minimum absolute atomic E-state index is 0.0526. The van der Waals surface area contributed by atoms with Crippen LogP contribution in [0.2, 0.25) is 0 Å². The van der Waals surface area contributed by atoms with E-state index in [9.17, 15) is 14.4 Å². The predicted molar refractivity (Wildman–Crippen MR) is 101 cm³/mol. The Bertz CT molecular complexity index is 827. The largest absolute Gasteiger partial charge is 0.324 e. The summed E-state index contributed by atoms with van der Waals surface area (Å²) in [4.78, 5) is 38.2. The fourth-order valence-corrected chi connectivity index (χ4v) is 3.04. The molecule has 0 aliphatic carbocycles. The van der Waals surface area contributed by atoms with Gasteiger partial charge in [0, 0.05) is 31.4 Å². The lowest BCUT2D eigenvalue weighted by molar-refractivity contribution is -0.117. The first kappa shape index (κ1) is 17.9. The Kier molecular flexibility index (Phi) is 5.46. The fourth-order valence-electron chi connectivity index (χ4n) is 3.04.